The molecule has 1 aromatic heterocycles. The van der Waals surface area contributed by atoms with Crippen molar-refractivity contribution in [2.75, 3.05) is 20.6 Å². The van der Waals surface area contributed by atoms with Gasteiger partial charge in [0.25, 0.3) is 0 Å². The van der Waals surface area contributed by atoms with Crippen molar-refractivity contribution in [1.82, 2.24) is 9.88 Å². The Morgan fingerprint density at radius 1 is 1.37 bits per heavy atom. The summed E-state index contributed by atoms with van der Waals surface area (Å²) in [5, 5.41) is 10.3. The van der Waals surface area contributed by atoms with Crippen LogP contribution in [0, 0.1) is 0 Å². The second-order valence-corrected chi connectivity index (χ2v) is 6.60. The van der Waals surface area contributed by atoms with Crippen molar-refractivity contribution < 1.29 is 9.90 Å². The van der Waals surface area contributed by atoms with Crippen LogP contribution in [0.5, 0.6) is 0 Å². The first kappa shape index (κ1) is 14.5. The van der Waals surface area contributed by atoms with Crippen LogP contribution in [0.1, 0.15) is 58.4 Å². The standard InChI is InChI=1S/C14H22N2O2S/c1-16(2)9-8-11-15-12(13(19-11)14(17)18)10-6-4-3-5-7-10/h10H,3-9H2,1-2H3,(H,17,18). The molecule has 0 spiro atoms. The highest BCUT2D eigenvalue weighted by Crippen LogP contribution is 2.36. The Morgan fingerprint density at radius 3 is 2.63 bits per heavy atom. The van der Waals surface area contributed by atoms with Crippen LogP contribution in [0.15, 0.2) is 0 Å². The third kappa shape index (κ3) is 3.76. The predicted molar refractivity (Wildman–Crippen MR) is 77.2 cm³/mol. The maximum Gasteiger partial charge on any atom is 0.347 e. The molecule has 1 aliphatic carbocycles. The van der Waals surface area contributed by atoms with Crippen molar-refractivity contribution >= 4 is 17.3 Å². The summed E-state index contributed by atoms with van der Waals surface area (Å²) in [5.74, 6) is -0.446. The lowest BCUT2D eigenvalue weighted by Gasteiger charge is -2.20. The van der Waals surface area contributed by atoms with Crippen LogP contribution in [0.2, 0.25) is 0 Å². The van der Waals surface area contributed by atoms with Crippen LogP contribution >= 0.6 is 11.3 Å². The minimum absolute atomic E-state index is 0.365. The summed E-state index contributed by atoms with van der Waals surface area (Å²) < 4.78 is 0. The van der Waals surface area contributed by atoms with Gasteiger partial charge in [-0.1, -0.05) is 19.3 Å². The molecule has 1 saturated carbocycles. The van der Waals surface area contributed by atoms with Crippen molar-refractivity contribution in [2.24, 2.45) is 0 Å². The van der Waals surface area contributed by atoms with Crippen LogP contribution in [0.25, 0.3) is 0 Å². The van der Waals surface area contributed by atoms with Crippen LogP contribution in [-0.2, 0) is 6.42 Å². The first-order valence-corrected chi connectivity index (χ1v) is 7.77. The number of likely N-dealkylation sites (N-methyl/N-ethyl adjacent to an activating group) is 1. The zero-order valence-corrected chi connectivity index (χ0v) is 12.5. The summed E-state index contributed by atoms with van der Waals surface area (Å²) in [6.45, 7) is 0.913. The summed E-state index contributed by atoms with van der Waals surface area (Å²) in [6, 6.07) is 0. The monoisotopic (exact) mass is 282 g/mol. The molecule has 1 N–H and O–H groups in total. The number of aromatic carboxylic acids is 1. The molecule has 1 aliphatic rings. The zero-order chi connectivity index (χ0) is 13.8. The molecule has 0 aliphatic heterocycles. The fraction of sp³-hybridized carbons (Fsp3) is 0.714. The van der Waals surface area contributed by atoms with Gasteiger partial charge < -0.3 is 10.0 Å². The number of carboxylic acids is 1. The minimum Gasteiger partial charge on any atom is -0.477 e. The summed E-state index contributed by atoms with van der Waals surface area (Å²) in [5.41, 5.74) is 0.853. The van der Waals surface area contributed by atoms with E-state index >= 15 is 0 Å². The lowest BCUT2D eigenvalue weighted by atomic mass is 9.86. The minimum atomic E-state index is -0.811. The SMILES string of the molecule is CN(C)CCc1nc(C2CCCCC2)c(C(=O)O)s1. The Balaban J connectivity index is 2.17. The molecule has 1 fully saturated rings. The van der Waals surface area contributed by atoms with Crippen LogP contribution in [0.3, 0.4) is 0 Å². The molecule has 0 saturated heterocycles. The van der Waals surface area contributed by atoms with Gasteiger partial charge in [-0.3, -0.25) is 0 Å². The molecule has 1 aromatic rings. The molecule has 19 heavy (non-hydrogen) atoms. The third-order valence-electron chi connectivity index (χ3n) is 3.66. The van der Waals surface area contributed by atoms with Gasteiger partial charge in [-0.05, 0) is 26.9 Å². The number of aromatic nitrogens is 1. The summed E-state index contributed by atoms with van der Waals surface area (Å²) in [4.78, 5) is 18.6. The molecule has 0 unspecified atom stereocenters. The van der Waals surface area contributed by atoms with Crippen LogP contribution in [-0.4, -0.2) is 41.6 Å². The quantitative estimate of drug-likeness (QED) is 0.902. The Bertz CT molecular complexity index is 437. The normalized spacial score (nSPS) is 17.0. The van der Waals surface area contributed by atoms with Crippen molar-refractivity contribution in [3.8, 4) is 0 Å². The molecule has 1 heterocycles. The Labute approximate surface area is 118 Å². The average Bonchev–Trinajstić information content (AvgIpc) is 2.82. The molecule has 106 valence electrons. The molecule has 0 bridgehead atoms. The van der Waals surface area contributed by atoms with Crippen LogP contribution < -0.4 is 0 Å². The fourth-order valence-electron chi connectivity index (χ4n) is 2.61. The summed E-state index contributed by atoms with van der Waals surface area (Å²) >= 11 is 1.37. The highest BCUT2D eigenvalue weighted by atomic mass is 32.1. The van der Waals surface area contributed by atoms with E-state index in [4.69, 9.17) is 0 Å². The van der Waals surface area contributed by atoms with E-state index in [9.17, 15) is 9.90 Å². The van der Waals surface area contributed by atoms with Gasteiger partial charge in [0.05, 0.1) is 10.7 Å². The zero-order valence-electron chi connectivity index (χ0n) is 11.7. The smallest absolute Gasteiger partial charge is 0.347 e. The molecule has 4 nitrogen and oxygen atoms in total. The molecular weight excluding hydrogens is 260 g/mol. The van der Waals surface area contributed by atoms with Gasteiger partial charge >= 0.3 is 5.97 Å². The maximum absolute atomic E-state index is 11.4. The van der Waals surface area contributed by atoms with Gasteiger partial charge in [0.1, 0.15) is 4.88 Å². The van der Waals surface area contributed by atoms with E-state index in [0.29, 0.717) is 10.8 Å². The van der Waals surface area contributed by atoms with Crippen molar-refractivity contribution in [2.45, 2.75) is 44.4 Å². The van der Waals surface area contributed by atoms with Crippen molar-refractivity contribution in [1.29, 1.82) is 0 Å². The number of hydrogen-bond acceptors (Lipinski definition) is 4. The molecule has 2 rings (SSSR count). The molecule has 0 atom stereocenters. The lowest BCUT2D eigenvalue weighted by molar-refractivity contribution is 0.0700. The molecule has 0 radical (unpaired) electrons. The number of thiazole rings is 1. The summed E-state index contributed by atoms with van der Waals surface area (Å²) in [7, 11) is 4.04. The lowest BCUT2D eigenvalue weighted by Crippen LogP contribution is -2.15. The molecule has 5 heteroatoms. The molecule has 0 aromatic carbocycles. The molecular formula is C14H22N2O2S. The van der Waals surface area contributed by atoms with Gasteiger partial charge in [-0.15, -0.1) is 11.3 Å². The average molecular weight is 282 g/mol. The highest BCUT2D eigenvalue weighted by Gasteiger charge is 2.25. The van der Waals surface area contributed by atoms with E-state index in [1.54, 1.807) is 0 Å². The number of rotatable bonds is 5. The second kappa shape index (κ2) is 6.48. The van der Waals surface area contributed by atoms with Crippen molar-refractivity contribution in [3.05, 3.63) is 15.6 Å². The first-order valence-electron chi connectivity index (χ1n) is 6.95. The van der Waals surface area contributed by atoms with E-state index in [-0.39, 0.29) is 0 Å². The second-order valence-electron chi connectivity index (χ2n) is 5.52. The third-order valence-corrected chi connectivity index (χ3v) is 4.78. The van der Waals surface area contributed by atoms with E-state index in [1.807, 2.05) is 14.1 Å². The van der Waals surface area contributed by atoms with Crippen LogP contribution in [0.4, 0.5) is 0 Å². The van der Waals surface area contributed by atoms with Gasteiger partial charge in [0.15, 0.2) is 0 Å². The fourth-order valence-corrected chi connectivity index (χ4v) is 3.59. The van der Waals surface area contributed by atoms with E-state index < -0.39 is 5.97 Å². The number of carboxylic acid groups (broad SMARTS) is 1. The van der Waals surface area contributed by atoms with Gasteiger partial charge in [0.2, 0.25) is 0 Å². The van der Waals surface area contributed by atoms with Gasteiger partial charge in [-0.2, -0.15) is 0 Å². The Morgan fingerprint density at radius 2 is 2.05 bits per heavy atom. The predicted octanol–water partition coefficient (Wildman–Crippen LogP) is 2.99. The summed E-state index contributed by atoms with van der Waals surface area (Å²) in [6.07, 6.45) is 6.71. The number of nitrogens with zero attached hydrogens (tertiary/aromatic N) is 2. The first-order chi connectivity index (χ1) is 9.08. The Kier molecular flexibility index (Phi) is 4.93. The Hall–Kier alpha value is -0.940. The van der Waals surface area contributed by atoms with Crippen molar-refractivity contribution in [3.63, 3.8) is 0 Å². The topological polar surface area (TPSA) is 53.4 Å². The van der Waals surface area contributed by atoms with E-state index in [1.165, 1.54) is 30.6 Å². The van der Waals surface area contributed by atoms with E-state index in [2.05, 4.69) is 9.88 Å². The number of carbonyl (C=O) groups is 1. The highest BCUT2D eigenvalue weighted by molar-refractivity contribution is 7.13. The van der Waals surface area contributed by atoms with Gasteiger partial charge in [0, 0.05) is 18.9 Å². The molecule has 0 amide bonds. The maximum atomic E-state index is 11.4. The van der Waals surface area contributed by atoms with E-state index in [0.717, 1.165) is 36.5 Å². The largest absolute Gasteiger partial charge is 0.477 e. The van der Waals surface area contributed by atoms with Gasteiger partial charge in [-0.25, -0.2) is 9.78 Å². The number of hydrogen-bond donors (Lipinski definition) is 1.